The Labute approximate surface area is 111 Å². The molecule has 0 radical (unpaired) electrons. The minimum Gasteiger partial charge on any atom is -0.364 e. The second-order valence-electron chi connectivity index (χ2n) is 4.97. The van der Waals surface area contributed by atoms with Gasteiger partial charge in [-0.05, 0) is 30.9 Å². The third kappa shape index (κ3) is 4.84. The predicted octanol–water partition coefficient (Wildman–Crippen LogP) is 3.41. The summed E-state index contributed by atoms with van der Waals surface area (Å²) in [4.78, 5) is 0. The molecule has 0 amide bonds. The van der Waals surface area contributed by atoms with Crippen LogP contribution in [0.2, 0.25) is 0 Å². The second kappa shape index (κ2) is 5.92. The highest BCUT2D eigenvalue weighted by Gasteiger charge is 2.36. The molecule has 0 aromatic heterocycles. The number of hydrogen-bond acceptors (Lipinski definition) is 2. The van der Waals surface area contributed by atoms with Crippen molar-refractivity contribution in [2.75, 3.05) is 0 Å². The van der Waals surface area contributed by atoms with Gasteiger partial charge in [0.2, 0.25) is 0 Å². The topological polar surface area (TPSA) is 21.3 Å². The van der Waals surface area contributed by atoms with Gasteiger partial charge in [-0.15, -0.1) is 0 Å². The average molecular weight is 273 g/mol. The standard InChI is InChI=1S/C14H18F3NO/c1-10(14(15,16)17)19-9-12-4-2-3-11(7-12)8-18-13-5-6-13/h2-4,7,10,13,18H,5-6,8-9H2,1H3. The van der Waals surface area contributed by atoms with Crippen molar-refractivity contribution in [1.29, 1.82) is 0 Å². The normalized spacial score (nSPS) is 17.5. The minimum absolute atomic E-state index is 0.0159. The van der Waals surface area contributed by atoms with Crippen molar-refractivity contribution in [3.8, 4) is 0 Å². The zero-order valence-electron chi connectivity index (χ0n) is 10.8. The fourth-order valence-electron chi connectivity index (χ4n) is 1.69. The van der Waals surface area contributed by atoms with Gasteiger partial charge in [-0.25, -0.2) is 0 Å². The first-order valence-electron chi connectivity index (χ1n) is 6.44. The lowest BCUT2D eigenvalue weighted by atomic mass is 10.1. The van der Waals surface area contributed by atoms with Crippen LogP contribution in [-0.4, -0.2) is 18.3 Å². The second-order valence-corrected chi connectivity index (χ2v) is 4.97. The number of nitrogens with one attached hydrogen (secondary N) is 1. The van der Waals surface area contributed by atoms with E-state index in [1.54, 1.807) is 6.07 Å². The molecule has 1 aliphatic carbocycles. The molecule has 0 spiro atoms. The Balaban J connectivity index is 1.83. The molecule has 1 aromatic rings. The lowest BCUT2D eigenvalue weighted by Gasteiger charge is -2.16. The first kappa shape index (κ1) is 14.3. The molecule has 5 heteroatoms. The van der Waals surface area contributed by atoms with E-state index >= 15 is 0 Å². The molecule has 1 unspecified atom stereocenters. The van der Waals surface area contributed by atoms with Crippen LogP contribution in [0.15, 0.2) is 24.3 Å². The molecule has 19 heavy (non-hydrogen) atoms. The van der Waals surface area contributed by atoms with Crippen LogP contribution in [-0.2, 0) is 17.9 Å². The van der Waals surface area contributed by atoms with Crippen LogP contribution in [0.4, 0.5) is 13.2 Å². The van der Waals surface area contributed by atoms with Gasteiger partial charge in [0, 0.05) is 12.6 Å². The lowest BCUT2D eigenvalue weighted by Crippen LogP contribution is -2.28. The van der Waals surface area contributed by atoms with E-state index in [9.17, 15) is 13.2 Å². The fraction of sp³-hybridized carbons (Fsp3) is 0.571. The summed E-state index contributed by atoms with van der Waals surface area (Å²) in [6.45, 7) is 1.77. The van der Waals surface area contributed by atoms with E-state index in [2.05, 4.69) is 5.32 Å². The average Bonchev–Trinajstić information content (AvgIpc) is 3.17. The highest BCUT2D eigenvalue weighted by molar-refractivity contribution is 5.23. The van der Waals surface area contributed by atoms with Crippen LogP contribution >= 0.6 is 0 Å². The number of ether oxygens (including phenoxy) is 1. The molecule has 106 valence electrons. The van der Waals surface area contributed by atoms with Crippen molar-refractivity contribution in [3.05, 3.63) is 35.4 Å². The van der Waals surface area contributed by atoms with Crippen LogP contribution in [0.1, 0.15) is 30.9 Å². The predicted molar refractivity (Wildman–Crippen MR) is 66.6 cm³/mol. The maximum atomic E-state index is 12.3. The highest BCUT2D eigenvalue weighted by atomic mass is 19.4. The number of halogens is 3. The SMILES string of the molecule is CC(OCc1cccc(CNC2CC2)c1)C(F)(F)F. The van der Waals surface area contributed by atoms with E-state index in [1.807, 2.05) is 18.2 Å². The van der Waals surface area contributed by atoms with Crippen LogP contribution in [0, 0.1) is 0 Å². The zero-order chi connectivity index (χ0) is 13.9. The van der Waals surface area contributed by atoms with Gasteiger partial charge in [0.15, 0.2) is 6.10 Å². The Hall–Kier alpha value is -1.07. The molecular formula is C14H18F3NO. The largest absolute Gasteiger partial charge is 0.414 e. The van der Waals surface area contributed by atoms with Gasteiger partial charge in [-0.3, -0.25) is 0 Å². The monoisotopic (exact) mass is 273 g/mol. The summed E-state index contributed by atoms with van der Waals surface area (Å²) in [5, 5.41) is 3.37. The third-order valence-electron chi connectivity index (χ3n) is 3.12. The number of benzene rings is 1. The van der Waals surface area contributed by atoms with Gasteiger partial charge in [0.05, 0.1) is 6.61 Å². The van der Waals surface area contributed by atoms with Crippen LogP contribution in [0.5, 0.6) is 0 Å². The van der Waals surface area contributed by atoms with E-state index < -0.39 is 12.3 Å². The van der Waals surface area contributed by atoms with Gasteiger partial charge in [0.1, 0.15) is 0 Å². The first-order valence-corrected chi connectivity index (χ1v) is 6.44. The molecule has 1 atom stereocenters. The van der Waals surface area contributed by atoms with Gasteiger partial charge in [0.25, 0.3) is 0 Å². The summed E-state index contributed by atoms with van der Waals surface area (Å²) in [6.07, 6.45) is -3.61. The van der Waals surface area contributed by atoms with Crippen molar-refractivity contribution < 1.29 is 17.9 Å². The van der Waals surface area contributed by atoms with Crippen molar-refractivity contribution in [1.82, 2.24) is 5.32 Å². The number of rotatable bonds is 6. The minimum atomic E-state index is -4.30. The van der Waals surface area contributed by atoms with Crippen molar-refractivity contribution >= 4 is 0 Å². The van der Waals surface area contributed by atoms with Gasteiger partial charge in [-0.1, -0.05) is 24.3 Å². The lowest BCUT2D eigenvalue weighted by molar-refractivity contribution is -0.217. The molecule has 0 heterocycles. The molecule has 1 fully saturated rings. The summed E-state index contributed by atoms with van der Waals surface area (Å²) in [7, 11) is 0. The molecular weight excluding hydrogens is 255 g/mol. The number of alkyl halides is 3. The zero-order valence-corrected chi connectivity index (χ0v) is 10.8. The number of hydrogen-bond donors (Lipinski definition) is 1. The Bertz CT molecular complexity index is 415. The third-order valence-corrected chi connectivity index (χ3v) is 3.12. The maximum Gasteiger partial charge on any atom is 0.414 e. The molecule has 1 aromatic carbocycles. The van der Waals surface area contributed by atoms with E-state index in [0.717, 1.165) is 24.6 Å². The van der Waals surface area contributed by atoms with E-state index in [-0.39, 0.29) is 6.61 Å². The summed E-state index contributed by atoms with van der Waals surface area (Å²) in [5.41, 5.74) is 1.85. The summed E-state index contributed by atoms with van der Waals surface area (Å²) < 4.78 is 41.8. The molecule has 1 N–H and O–H groups in total. The van der Waals surface area contributed by atoms with Gasteiger partial charge >= 0.3 is 6.18 Å². The molecule has 0 bridgehead atoms. The van der Waals surface area contributed by atoms with Crippen molar-refractivity contribution in [2.45, 2.75) is 51.2 Å². The maximum absolute atomic E-state index is 12.3. The quantitative estimate of drug-likeness (QED) is 0.857. The van der Waals surface area contributed by atoms with E-state index in [1.165, 1.54) is 12.8 Å². The van der Waals surface area contributed by atoms with E-state index in [0.29, 0.717) is 6.04 Å². The van der Waals surface area contributed by atoms with E-state index in [4.69, 9.17) is 4.74 Å². The van der Waals surface area contributed by atoms with Crippen LogP contribution < -0.4 is 5.32 Å². The Morgan fingerprint density at radius 3 is 2.63 bits per heavy atom. The van der Waals surface area contributed by atoms with Crippen molar-refractivity contribution in [3.63, 3.8) is 0 Å². The molecule has 1 saturated carbocycles. The fourth-order valence-corrected chi connectivity index (χ4v) is 1.69. The summed E-state index contributed by atoms with van der Waals surface area (Å²) >= 11 is 0. The molecule has 0 aliphatic heterocycles. The van der Waals surface area contributed by atoms with Crippen LogP contribution in [0.25, 0.3) is 0 Å². The molecule has 0 saturated heterocycles. The smallest absolute Gasteiger partial charge is 0.364 e. The highest BCUT2D eigenvalue weighted by Crippen LogP contribution is 2.23. The Morgan fingerprint density at radius 1 is 1.32 bits per heavy atom. The summed E-state index contributed by atoms with van der Waals surface area (Å²) in [5.74, 6) is 0. The first-order chi connectivity index (χ1) is 8.95. The Morgan fingerprint density at radius 2 is 2.00 bits per heavy atom. The van der Waals surface area contributed by atoms with Gasteiger partial charge in [-0.2, -0.15) is 13.2 Å². The Kier molecular flexibility index (Phi) is 4.47. The molecule has 1 aliphatic rings. The van der Waals surface area contributed by atoms with Gasteiger partial charge < -0.3 is 10.1 Å². The molecule has 2 rings (SSSR count). The summed E-state index contributed by atoms with van der Waals surface area (Å²) in [6, 6.07) is 8.10. The van der Waals surface area contributed by atoms with Crippen LogP contribution in [0.3, 0.4) is 0 Å². The van der Waals surface area contributed by atoms with Crippen molar-refractivity contribution in [2.24, 2.45) is 0 Å². The molecule has 2 nitrogen and oxygen atoms in total.